The van der Waals surface area contributed by atoms with Crippen molar-refractivity contribution in [2.75, 3.05) is 46.9 Å². The van der Waals surface area contributed by atoms with Gasteiger partial charge in [-0.25, -0.2) is 0 Å². The summed E-state index contributed by atoms with van der Waals surface area (Å²) in [6, 6.07) is 9.80. The molecule has 1 saturated heterocycles. The minimum atomic E-state index is 0.144. The molecule has 2 aromatic rings. The summed E-state index contributed by atoms with van der Waals surface area (Å²) in [7, 11) is 3.51. The van der Waals surface area contributed by atoms with Crippen LogP contribution in [0, 0.1) is 6.92 Å². The highest BCUT2D eigenvalue weighted by molar-refractivity contribution is 5.78. The van der Waals surface area contributed by atoms with Gasteiger partial charge in [-0.1, -0.05) is 17.3 Å². The van der Waals surface area contributed by atoms with Gasteiger partial charge in [0.2, 0.25) is 5.91 Å². The standard InChI is InChI=1S/C20H28N4O3/c1-16-12-19(27-21-16)14-23-8-10-24(11-9-23)15-20(25)22(2)13-17-4-6-18(26-3)7-5-17/h4-7,12H,8-11,13-15H2,1-3H3. The smallest absolute Gasteiger partial charge is 0.236 e. The number of rotatable bonds is 7. The van der Waals surface area contributed by atoms with E-state index in [1.807, 2.05) is 44.3 Å². The van der Waals surface area contributed by atoms with Crippen molar-refractivity contribution in [2.45, 2.75) is 20.0 Å². The second-order valence-corrected chi connectivity index (χ2v) is 7.08. The fourth-order valence-electron chi connectivity index (χ4n) is 3.22. The maximum Gasteiger partial charge on any atom is 0.236 e. The van der Waals surface area contributed by atoms with E-state index >= 15 is 0 Å². The molecule has 7 heteroatoms. The molecule has 0 bridgehead atoms. The lowest BCUT2D eigenvalue weighted by atomic mass is 10.2. The minimum absolute atomic E-state index is 0.144. The summed E-state index contributed by atoms with van der Waals surface area (Å²) in [5.41, 5.74) is 2.01. The molecule has 0 saturated carbocycles. The fraction of sp³-hybridized carbons (Fsp3) is 0.500. The van der Waals surface area contributed by atoms with Gasteiger partial charge in [-0.05, 0) is 24.6 Å². The Morgan fingerprint density at radius 1 is 1.19 bits per heavy atom. The van der Waals surface area contributed by atoms with Crippen LogP contribution in [0.2, 0.25) is 0 Å². The van der Waals surface area contributed by atoms with Crippen LogP contribution in [0.3, 0.4) is 0 Å². The Labute approximate surface area is 160 Å². The molecular formula is C20H28N4O3. The topological polar surface area (TPSA) is 62.1 Å². The highest BCUT2D eigenvalue weighted by atomic mass is 16.5. The lowest BCUT2D eigenvalue weighted by molar-refractivity contribution is -0.132. The maximum absolute atomic E-state index is 12.5. The number of hydrogen-bond acceptors (Lipinski definition) is 6. The summed E-state index contributed by atoms with van der Waals surface area (Å²) >= 11 is 0. The number of likely N-dealkylation sites (N-methyl/N-ethyl adjacent to an activating group) is 1. The molecule has 1 aliphatic rings. The molecular weight excluding hydrogens is 344 g/mol. The molecule has 0 spiro atoms. The van der Waals surface area contributed by atoms with Gasteiger partial charge in [-0.15, -0.1) is 0 Å². The first-order chi connectivity index (χ1) is 13.0. The zero-order valence-corrected chi connectivity index (χ0v) is 16.4. The molecule has 0 N–H and O–H groups in total. The van der Waals surface area contributed by atoms with Gasteiger partial charge in [0.05, 0.1) is 25.9 Å². The number of nitrogens with zero attached hydrogens (tertiary/aromatic N) is 4. The van der Waals surface area contributed by atoms with Crippen LogP contribution in [0.25, 0.3) is 0 Å². The van der Waals surface area contributed by atoms with Gasteiger partial charge >= 0.3 is 0 Å². The molecule has 0 aliphatic carbocycles. The van der Waals surface area contributed by atoms with E-state index in [4.69, 9.17) is 9.26 Å². The number of benzene rings is 1. The predicted octanol–water partition coefficient (Wildman–Crippen LogP) is 1.77. The summed E-state index contributed by atoms with van der Waals surface area (Å²) in [5, 5.41) is 3.93. The summed E-state index contributed by atoms with van der Waals surface area (Å²) in [6.07, 6.45) is 0. The lowest BCUT2D eigenvalue weighted by Crippen LogP contribution is -2.49. The second-order valence-electron chi connectivity index (χ2n) is 7.08. The van der Waals surface area contributed by atoms with Crippen molar-refractivity contribution in [3.8, 4) is 5.75 Å². The van der Waals surface area contributed by atoms with E-state index in [1.54, 1.807) is 12.0 Å². The first kappa shape index (κ1) is 19.4. The summed E-state index contributed by atoms with van der Waals surface area (Å²) in [4.78, 5) is 18.9. The summed E-state index contributed by atoms with van der Waals surface area (Å²) < 4.78 is 10.5. The zero-order valence-electron chi connectivity index (χ0n) is 16.4. The second kappa shape index (κ2) is 9.01. The maximum atomic E-state index is 12.5. The lowest BCUT2D eigenvalue weighted by Gasteiger charge is -2.34. The number of methoxy groups -OCH3 is 1. The Kier molecular flexibility index (Phi) is 6.47. The van der Waals surface area contributed by atoms with Crippen LogP contribution in [0.5, 0.6) is 5.75 Å². The van der Waals surface area contributed by atoms with Crippen molar-refractivity contribution in [1.29, 1.82) is 0 Å². The monoisotopic (exact) mass is 372 g/mol. The van der Waals surface area contributed by atoms with Crippen LogP contribution >= 0.6 is 0 Å². The highest BCUT2D eigenvalue weighted by Gasteiger charge is 2.21. The Morgan fingerprint density at radius 2 is 1.85 bits per heavy atom. The van der Waals surface area contributed by atoms with E-state index in [-0.39, 0.29) is 5.91 Å². The molecule has 0 unspecified atom stereocenters. The number of piperazine rings is 1. The number of aryl methyl sites for hydroxylation is 1. The molecule has 0 radical (unpaired) electrons. The van der Waals surface area contributed by atoms with Gasteiger partial charge in [0.25, 0.3) is 0 Å². The van der Waals surface area contributed by atoms with Crippen molar-refractivity contribution in [2.24, 2.45) is 0 Å². The first-order valence-corrected chi connectivity index (χ1v) is 9.27. The van der Waals surface area contributed by atoms with Gasteiger partial charge in [0.1, 0.15) is 5.75 Å². The molecule has 1 aliphatic heterocycles. The number of carbonyl (C=O) groups is 1. The Balaban J connectivity index is 1.41. The molecule has 7 nitrogen and oxygen atoms in total. The Bertz CT molecular complexity index is 736. The highest BCUT2D eigenvalue weighted by Crippen LogP contribution is 2.13. The molecule has 146 valence electrons. The van der Waals surface area contributed by atoms with Crippen LogP contribution in [-0.4, -0.2) is 72.6 Å². The van der Waals surface area contributed by atoms with Gasteiger partial charge < -0.3 is 14.2 Å². The van der Waals surface area contributed by atoms with Crippen LogP contribution < -0.4 is 4.74 Å². The quantitative estimate of drug-likeness (QED) is 0.738. The van der Waals surface area contributed by atoms with E-state index in [1.165, 1.54) is 0 Å². The van der Waals surface area contributed by atoms with E-state index < -0.39 is 0 Å². The van der Waals surface area contributed by atoms with Crippen LogP contribution in [0.4, 0.5) is 0 Å². The fourth-order valence-corrected chi connectivity index (χ4v) is 3.22. The van der Waals surface area contributed by atoms with Gasteiger partial charge in [-0.2, -0.15) is 0 Å². The number of aromatic nitrogens is 1. The molecule has 1 fully saturated rings. The number of ether oxygens (including phenoxy) is 1. The molecule has 1 aromatic heterocycles. The van der Waals surface area contributed by atoms with E-state index in [2.05, 4.69) is 15.0 Å². The van der Waals surface area contributed by atoms with Crippen molar-refractivity contribution in [3.05, 3.63) is 47.3 Å². The third-order valence-corrected chi connectivity index (χ3v) is 4.88. The van der Waals surface area contributed by atoms with E-state index in [9.17, 15) is 4.79 Å². The Morgan fingerprint density at radius 3 is 2.44 bits per heavy atom. The molecule has 0 atom stereocenters. The summed E-state index contributed by atoms with van der Waals surface area (Å²) in [5.74, 6) is 1.87. The third-order valence-electron chi connectivity index (χ3n) is 4.88. The normalized spacial score (nSPS) is 15.7. The van der Waals surface area contributed by atoms with Crippen molar-refractivity contribution < 1.29 is 14.1 Å². The van der Waals surface area contributed by atoms with E-state index in [0.717, 1.165) is 55.5 Å². The average Bonchev–Trinajstić information content (AvgIpc) is 3.08. The van der Waals surface area contributed by atoms with Crippen molar-refractivity contribution in [3.63, 3.8) is 0 Å². The van der Waals surface area contributed by atoms with E-state index in [0.29, 0.717) is 13.1 Å². The molecule has 2 heterocycles. The van der Waals surface area contributed by atoms with Crippen LogP contribution in [0.15, 0.2) is 34.9 Å². The molecule has 1 amide bonds. The summed E-state index contributed by atoms with van der Waals surface area (Å²) in [6.45, 7) is 7.39. The average molecular weight is 372 g/mol. The number of amides is 1. The van der Waals surface area contributed by atoms with Gasteiger partial charge in [0, 0.05) is 45.8 Å². The van der Waals surface area contributed by atoms with Gasteiger partial charge in [-0.3, -0.25) is 14.6 Å². The molecule has 1 aromatic carbocycles. The predicted molar refractivity (Wildman–Crippen MR) is 102 cm³/mol. The largest absolute Gasteiger partial charge is 0.497 e. The van der Waals surface area contributed by atoms with Crippen LogP contribution in [0.1, 0.15) is 17.0 Å². The number of hydrogen-bond donors (Lipinski definition) is 0. The first-order valence-electron chi connectivity index (χ1n) is 9.27. The minimum Gasteiger partial charge on any atom is -0.497 e. The molecule has 27 heavy (non-hydrogen) atoms. The van der Waals surface area contributed by atoms with Gasteiger partial charge in [0.15, 0.2) is 5.76 Å². The Hall–Kier alpha value is -2.38. The van der Waals surface area contributed by atoms with Crippen molar-refractivity contribution in [1.82, 2.24) is 19.9 Å². The third kappa shape index (κ3) is 5.55. The van der Waals surface area contributed by atoms with Crippen LogP contribution in [-0.2, 0) is 17.9 Å². The zero-order chi connectivity index (χ0) is 19.2. The van der Waals surface area contributed by atoms with Crippen molar-refractivity contribution >= 4 is 5.91 Å². The SMILES string of the molecule is COc1ccc(CN(C)C(=O)CN2CCN(Cc3cc(C)no3)CC2)cc1. The number of carbonyl (C=O) groups excluding carboxylic acids is 1. The molecule has 3 rings (SSSR count).